The highest BCUT2D eigenvalue weighted by Gasteiger charge is 2.27. The van der Waals surface area contributed by atoms with E-state index >= 15 is 0 Å². The summed E-state index contributed by atoms with van der Waals surface area (Å²) in [5.74, 6) is 0. The molecule has 0 aliphatic rings. The molecular weight excluding hydrogens is 283 g/mol. The molecule has 0 aromatic carbocycles. The van der Waals surface area contributed by atoms with Gasteiger partial charge in [0.25, 0.3) is 0 Å². The quantitative estimate of drug-likeness (QED) is 0.713. The van der Waals surface area contributed by atoms with Crippen LogP contribution in [0.1, 0.15) is 31.2 Å². The first kappa shape index (κ1) is 18.0. The van der Waals surface area contributed by atoms with Crippen molar-refractivity contribution in [2.45, 2.75) is 45.3 Å². The van der Waals surface area contributed by atoms with Crippen LogP contribution >= 0.6 is 0 Å². The lowest BCUT2D eigenvalue weighted by Gasteiger charge is -2.19. The number of aryl methyl sites for hydroxylation is 2. The third-order valence-corrected chi connectivity index (χ3v) is 3.11. The highest BCUT2D eigenvalue weighted by atomic mass is 19.4. The van der Waals surface area contributed by atoms with Gasteiger partial charge in [0.1, 0.15) is 6.61 Å². The fraction of sp³-hybridized carbons (Fsp3) is 0.786. The van der Waals surface area contributed by atoms with Crippen LogP contribution in [0.15, 0.2) is 6.07 Å². The molecule has 4 nitrogen and oxygen atoms in total. The van der Waals surface area contributed by atoms with Crippen molar-refractivity contribution in [2.75, 3.05) is 19.8 Å². The zero-order chi connectivity index (χ0) is 15.9. The van der Waals surface area contributed by atoms with E-state index in [1.54, 1.807) is 0 Å². The van der Waals surface area contributed by atoms with Crippen molar-refractivity contribution in [3.05, 3.63) is 17.5 Å². The van der Waals surface area contributed by atoms with Crippen molar-refractivity contribution in [1.82, 2.24) is 15.1 Å². The molecule has 1 unspecified atom stereocenters. The zero-order valence-electron chi connectivity index (χ0n) is 12.8. The average molecular weight is 307 g/mol. The molecule has 1 aromatic rings. The number of hydrogen-bond acceptors (Lipinski definition) is 3. The molecule has 1 heterocycles. The molecule has 122 valence electrons. The second-order valence-corrected chi connectivity index (χ2v) is 5.21. The summed E-state index contributed by atoms with van der Waals surface area (Å²) in [6.45, 7) is 3.72. The number of nitrogens with zero attached hydrogens (tertiary/aromatic N) is 2. The Balaban J connectivity index is 2.45. The van der Waals surface area contributed by atoms with E-state index in [9.17, 15) is 13.2 Å². The Labute approximate surface area is 123 Å². The Morgan fingerprint density at radius 3 is 2.67 bits per heavy atom. The van der Waals surface area contributed by atoms with Gasteiger partial charge < -0.3 is 10.1 Å². The third kappa shape index (κ3) is 7.47. The summed E-state index contributed by atoms with van der Waals surface area (Å²) >= 11 is 0. The van der Waals surface area contributed by atoms with E-state index in [-0.39, 0.29) is 12.6 Å². The lowest BCUT2D eigenvalue weighted by molar-refractivity contribution is -0.174. The maximum absolute atomic E-state index is 12.0. The summed E-state index contributed by atoms with van der Waals surface area (Å²) < 4.78 is 42.6. The molecule has 21 heavy (non-hydrogen) atoms. The molecule has 7 heteroatoms. The minimum atomic E-state index is -4.26. The summed E-state index contributed by atoms with van der Waals surface area (Å²) in [7, 11) is 1.87. The first-order valence-corrected chi connectivity index (χ1v) is 7.19. The second kappa shape index (κ2) is 8.38. The van der Waals surface area contributed by atoms with Crippen molar-refractivity contribution >= 4 is 0 Å². The summed E-state index contributed by atoms with van der Waals surface area (Å²) in [5, 5.41) is 7.63. The van der Waals surface area contributed by atoms with Crippen molar-refractivity contribution < 1.29 is 17.9 Å². The van der Waals surface area contributed by atoms with Gasteiger partial charge in [-0.3, -0.25) is 4.68 Å². The van der Waals surface area contributed by atoms with Crippen LogP contribution in [0.25, 0.3) is 0 Å². The average Bonchev–Trinajstić information content (AvgIpc) is 2.68. The van der Waals surface area contributed by atoms with Gasteiger partial charge in [-0.15, -0.1) is 0 Å². The lowest BCUT2D eigenvalue weighted by Crippen LogP contribution is -2.34. The maximum Gasteiger partial charge on any atom is 0.411 e. The fourth-order valence-corrected chi connectivity index (χ4v) is 2.15. The van der Waals surface area contributed by atoms with Gasteiger partial charge in [0.05, 0.1) is 5.69 Å². The fourth-order valence-electron chi connectivity index (χ4n) is 2.15. The summed E-state index contributed by atoms with van der Waals surface area (Å²) in [4.78, 5) is 0. The standard InChI is InChI=1S/C14H24F3N3O/c1-4-6-18-12(5-7-21-10-14(15,16)17)9-13-8-11(2)19-20(13)3/h8,12,18H,4-7,9-10H2,1-3H3. The van der Waals surface area contributed by atoms with Crippen LogP contribution in [0.5, 0.6) is 0 Å². The molecule has 0 radical (unpaired) electrons. The molecule has 1 aromatic heterocycles. The van der Waals surface area contributed by atoms with E-state index in [0.717, 1.165) is 30.8 Å². The molecular formula is C14H24F3N3O. The van der Waals surface area contributed by atoms with E-state index in [2.05, 4.69) is 17.3 Å². The van der Waals surface area contributed by atoms with Gasteiger partial charge in [-0.05, 0) is 32.4 Å². The van der Waals surface area contributed by atoms with Crippen LogP contribution in [-0.4, -0.2) is 41.8 Å². The van der Waals surface area contributed by atoms with Crippen molar-refractivity contribution in [3.63, 3.8) is 0 Å². The van der Waals surface area contributed by atoms with Gasteiger partial charge in [-0.2, -0.15) is 18.3 Å². The van der Waals surface area contributed by atoms with Crippen molar-refractivity contribution in [2.24, 2.45) is 7.05 Å². The van der Waals surface area contributed by atoms with Gasteiger partial charge >= 0.3 is 6.18 Å². The minimum absolute atomic E-state index is 0.0907. The molecule has 0 aliphatic carbocycles. The Hall–Kier alpha value is -1.08. The number of alkyl halides is 3. The summed E-state index contributed by atoms with van der Waals surface area (Å²) in [6, 6.07) is 2.09. The topological polar surface area (TPSA) is 39.1 Å². The van der Waals surface area contributed by atoms with Gasteiger partial charge in [0.2, 0.25) is 0 Å². The molecule has 0 bridgehead atoms. The van der Waals surface area contributed by atoms with Gasteiger partial charge in [-0.1, -0.05) is 6.92 Å². The van der Waals surface area contributed by atoms with E-state index in [1.165, 1.54) is 0 Å². The first-order chi connectivity index (χ1) is 9.81. The maximum atomic E-state index is 12.0. The molecule has 0 saturated carbocycles. The molecule has 0 spiro atoms. The predicted molar refractivity (Wildman–Crippen MR) is 75.2 cm³/mol. The smallest absolute Gasteiger partial charge is 0.372 e. The normalized spacial score (nSPS) is 13.6. The van der Waals surface area contributed by atoms with Gasteiger partial charge in [-0.25, -0.2) is 0 Å². The summed E-state index contributed by atoms with van der Waals surface area (Å²) in [5.41, 5.74) is 2.01. The zero-order valence-corrected chi connectivity index (χ0v) is 12.8. The molecule has 0 fully saturated rings. The van der Waals surface area contributed by atoms with Gasteiger partial charge in [0.15, 0.2) is 0 Å². The van der Waals surface area contributed by atoms with Crippen LogP contribution in [0, 0.1) is 6.92 Å². The SMILES string of the molecule is CCCNC(CCOCC(F)(F)F)Cc1cc(C)nn1C. The van der Waals surface area contributed by atoms with Gasteiger partial charge in [0, 0.05) is 31.8 Å². The number of rotatable bonds is 9. The summed E-state index contributed by atoms with van der Waals surface area (Å²) in [6.07, 6.45) is -2.01. The Morgan fingerprint density at radius 2 is 2.14 bits per heavy atom. The highest BCUT2D eigenvalue weighted by molar-refractivity contribution is 5.10. The lowest BCUT2D eigenvalue weighted by atomic mass is 10.1. The van der Waals surface area contributed by atoms with Crippen LogP contribution in [0.2, 0.25) is 0 Å². The number of hydrogen-bond donors (Lipinski definition) is 1. The Morgan fingerprint density at radius 1 is 1.43 bits per heavy atom. The molecule has 0 saturated heterocycles. The van der Waals surface area contributed by atoms with Crippen molar-refractivity contribution in [1.29, 1.82) is 0 Å². The van der Waals surface area contributed by atoms with Crippen molar-refractivity contribution in [3.8, 4) is 0 Å². The number of aromatic nitrogens is 2. The highest BCUT2D eigenvalue weighted by Crippen LogP contribution is 2.15. The van der Waals surface area contributed by atoms with Crippen LogP contribution in [0.4, 0.5) is 13.2 Å². The largest absolute Gasteiger partial charge is 0.411 e. The molecule has 1 N–H and O–H groups in total. The molecule has 0 amide bonds. The third-order valence-electron chi connectivity index (χ3n) is 3.11. The van der Waals surface area contributed by atoms with E-state index in [0.29, 0.717) is 6.42 Å². The van der Waals surface area contributed by atoms with Crippen LogP contribution < -0.4 is 5.32 Å². The molecule has 0 aliphatic heterocycles. The van der Waals surface area contributed by atoms with E-state index in [4.69, 9.17) is 4.74 Å². The molecule has 1 atom stereocenters. The van der Waals surface area contributed by atoms with E-state index in [1.807, 2.05) is 24.7 Å². The van der Waals surface area contributed by atoms with Crippen LogP contribution in [0.3, 0.4) is 0 Å². The first-order valence-electron chi connectivity index (χ1n) is 7.19. The number of ether oxygens (including phenoxy) is 1. The Bertz CT molecular complexity index is 418. The van der Waals surface area contributed by atoms with E-state index < -0.39 is 12.8 Å². The second-order valence-electron chi connectivity index (χ2n) is 5.21. The Kier molecular flexibility index (Phi) is 7.17. The minimum Gasteiger partial charge on any atom is -0.372 e. The number of halogens is 3. The van der Waals surface area contributed by atoms with Crippen LogP contribution in [-0.2, 0) is 18.2 Å². The number of nitrogens with one attached hydrogen (secondary N) is 1. The monoisotopic (exact) mass is 307 g/mol. The predicted octanol–water partition coefficient (Wildman–Crippen LogP) is 2.61. The molecule has 1 rings (SSSR count).